The number of nitrogens with two attached hydrogens (primary N) is 1. The Balaban J connectivity index is 1.64. The molecule has 1 rings (SSSR count). The SMILES string of the molecule is CCCCCCCCCCCCCCCCCC(N)C1CO1. The summed E-state index contributed by atoms with van der Waals surface area (Å²) in [5.41, 5.74) is 6.01. The Morgan fingerprint density at radius 3 is 1.45 bits per heavy atom. The van der Waals surface area contributed by atoms with Gasteiger partial charge in [0, 0.05) is 6.04 Å². The van der Waals surface area contributed by atoms with Crippen molar-refractivity contribution in [3.63, 3.8) is 0 Å². The lowest BCUT2D eigenvalue weighted by Crippen LogP contribution is -2.26. The van der Waals surface area contributed by atoms with Gasteiger partial charge in [-0.2, -0.15) is 0 Å². The average Bonchev–Trinajstić information content (AvgIpc) is 3.36. The molecule has 1 aliphatic rings. The summed E-state index contributed by atoms with van der Waals surface area (Å²) >= 11 is 0. The number of ether oxygens (including phenoxy) is 1. The van der Waals surface area contributed by atoms with Crippen LogP contribution in [0.15, 0.2) is 0 Å². The third kappa shape index (κ3) is 12.5. The smallest absolute Gasteiger partial charge is 0.0960 e. The Morgan fingerprint density at radius 2 is 1.09 bits per heavy atom. The van der Waals surface area contributed by atoms with Crippen LogP contribution in [0, 0.1) is 0 Å². The average molecular weight is 312 g/mol. The molecule has 2 unspecified atom stereocenters. The van der Waals surface area contributed by atoms with Crippen molar-refractivity contribution in [3.8, 4) is 0 Å². The molecule has 0 bridgehead atoms. The van der Waals surface area contributed by atoms with E-state index in [2.05, 4.69) is 6.92 Å². The van der Waals surface area contributed by atoms with Gasteiger partial charge < -0.3 is 10.5 Å². The first kappa shape index (κ1) is 20.0. The summed E-state index contributed by atoms with van der Waals surface area (Å²) in [6.07, 6.45) is 22.9. The summed E-state index contributed by atoms with van der Waals surface area (Å²) < 4.78 is 5.22. The highest BCUT2D eigenvalue weighted by Gasteiger charge is 2.29. The van der Waals surface area contributed by atoms with Gasteiger partial charge in [-0.25, -0.2) is 0 Å². The molecule has 0 aromatic rings. The van der Waals surface area contributed by atoms with Gasteiger partial charge in [0.2, 0.25) is 0 Å². The fourth-order valence-corrected chi connectivity index (χ4v) is 3.24. The van der Waals surface area contributed by atoms with Gasteiger partial charge in [-0.3, -0.25) is 0 Å². The first-order valence-corrected chi connectivity index (χ1v) is 10.2. The summed E-state index contributed by atoms with van der Waals surface area (Å²) in [5, 5.41) is 0. The van der Waals surface area contributed by atoms with E-state index >= 15 is 0 Å². The van der Waals surface area contributed by atoms with Gasteiger partial charge in [0.15, 0.2) is 0 Å². The normalized spacial score (nSPS) is 18.5. The standard InChI is InChI=1S/C20H41NO/c1-2-3-4-5-6-7-8-9-10-11-12-13-14-15-16-17-19(21)20-18-22-20/h19-20H,2-18,21H2,1H3. The Labute approximate surface area is 139 Å². The highest BCUT2D eigenvalue weighted by Crippen LogP contribution is 2.18. The van der Waals surface area contributed by atoms with E-state index in [1.807, 2.05) is 0 Å². The molecule has 132 valence electrons. The first-order chi connectivity index (χ1) is 10.8. The van der Waals surface area contributed by atoms with Crippen molar-refractivity contribution in [1.82, 2.24) is 0 Å². The number of hydrogen-bond acceptors (Lipinski definition) is 2. The van der Waals surface area contributed by atoms with E-state index < -0.39 is 0 Å². The Hall–Kier alpha value is -0.0800. The van der Waals surface area contributed by atoms with Crippen LogP contribution in [0.1, 0.15) is 110 Å². The third-order valence-electron chi connectivity index (χ3n) is 4.98. The number of hydrogen-bond donors (Lipinski definition) is 1. The minimum Gasteiger partial charge on any atom is -0.371 e. The lowest BCUT2D eigenvalue weighted by atomic mass is 10.0. The fourth-order valence-electron chi connectivity index (χ4n) is 3.24. The van der Waals surface area contributed by atoms with Crippen molar-refractivity contribution < 1.29 is 4.74 Å². The van der Waals surface area contributed by atoms with Crippen LogP contribution in [-0.4, -0.2) is 18.8 Å². The summed E-state index contributed by atoms with van der Waals surface area (Å²) in [6.45, 7) is 3.19. The molecule has 22 heavy (non-hydrogen) atoms. The van der Waals surface area contributed by atoms with E-state index in [-0.39, 0.29) is 0 Å². The summed E-state index contributed by atoms with van der Waals surface area (Å²) in [7, 11) is 0. The van der Waals surface area contributed by atoms with Gasteiger partial charge in [0.05, 0.1) is 12.7 Å². The molecule has 1 aliphatic heterocycles. The zero-order valence-corrected chi connectivity index (χ0v) is 15.2. The molecule has 2 nitrogen and oxygen atoms in total. The number of unbranched alkanes of at least 4 members (excludes halogenated alkanes) is 14. The lowest BCUT2D eigenvalue weighted by molar-refractivity contribution is 0.358. The molecule has 1 heterocycles. The molecule has 0 aliphatic carbocycles. The van der Waals surface area contributed by atoms with Crippen LogP contribution in [0.3, 0.4) is 0 Å². The van der Waals surface area contributed by atoms with Gasteiger partial charge in [-0.1, -0.05) is 103 Å². The Bertz CT molecular complexity index is 228. The molecule has 1 fully saturated rings. The van der Waals surface area contributed by atoms with Gasteiger partial charge >= 0.3 is 0 Å². The second-order valence-corrected chi connectivity index (χ2v) is 7.27. The van der Waals surface area contributed by atoms with Crippen molar-refractivity contribution in [2.24, 2.45) is 5.73 Å². The van der Waals surface area contributed by atoms with Crippen LogP contribution in [-0.2, 0) is 4.74 Å². The van der Waals surface area contributed by atoms with Gasteiger partial charge in [0.1, 0.15) is 0 Å². The van der Waals surface area contributed by atoms with Crippen molar-refractivity contribution in [2.45, 2.75) is 122 Å². The molecule has 0 spiro atoms. The van der Waals surface area contributed by atoms with Gasteiger partial charge in [0.25, 0.3) is 0 Å². The Morgan fingerprint density at radius 1 is 0.727 bits per heavy atom. The molecule has 1 saturated heterocycles. The van der Waals surface area contributed by atoms with Crippen LogP contribution < -0.4 is 5.73 Å². The summed E-state index contributed by atoms with van der Waals surface area (Å²) in [5.74, 6) is 0. The van der Waals surface area contributed by atoms with Crippen LogP contribution in [0.4, 0.5) is 0 Å². The second kappa shape index (κ2) is 14.5. The molecule has 0 aromatic carbocycles. The lowest BCUT2D eigenvalue weighted by Gasteiger charge is -2.07. The zero-order valence-electron chi connectivity index (χ0n) is 15.2. The predicted molar refractivity (Wildman–Crippen MR) is 97.3 cm³/mol. The topological polar surface area (TPSA) is 38.5 Å². The van der Waals surface area contributed by atoms with Crippen LogP contribution in [0.5, 0.6) is 0 Å². The van der Waals surface area contributed by atoms with E-state index in [9.17, 15) is 0 Å². The zero-order chi connectivity index (χ0) is 15.9. The van der Waals surface area contributed by atoms with Crippen molar-refractivity contribution >= 4 is 0 Å². The van der Waals surface area contributed by atoms with E-state index in [1.165, 1.54) is 96.3 Å². The van der Waals surface area contributed by atoms with E-state index in [4.69, 9.17) is 10.5 Å². The molecular weight excluding hydrogens is 270 g/mol. The van der Waals surface area contributed by atoms with Crippen molar-refractivity contribution in [1.29, 1.82) is 0 Å². The molecule has 0 saturated carbocycles. The largest absolute Gasteiger partial charge is 0.371 e. The van der Waals surface area contributed by atoms with Gasteiger partial charge in [-0.15, -0.1) is 0 Å². The fraction of sp³-hybridized carbons (Fsp3) is 1.00. The Kier molecular flexibility index (Phi) is 13.2. The quantitative estimate of drug-likeness (QED) is 0.265. The minimum atomic E-state index is 0.307. The highest BCUT2D eigenvalue weighted by atomic mass is 16.6. The van der Waals surface area contributed by atoms with Crippen LogP contribution in [0.2, 0.25) is 0 Å². The molecule has 2 atom stereocenters. The summed E-state index contributed by atoms with van der Waals surface area (Å²) in [4.78, 5) is 0. The monoisotopic (exact) mass is 311 g/mol. The molecular formula is C20H41NO. The molecule has 0 radical (unpaired) electrons. The van der Waals surface area contributed by atoms with E-state index in [0.29, 0.717) is 12.1 Å². The van der Waals surface area contributed by atoms with Crippen molar-refractivity contribution in [3.05, 3.63) is 0 Å². The number of epoxide rings is 1. The van der Waals surface area contributed by atoms with Crippen molar-refractivity contribution in [2.75, 3.05) is 6.61 Å². The molecule has 2 N–H and O–H groups in total. The molecule has 0 amide bonds. The van der Waals surface area contributed by atoms with Crippen LogP contribution in [0.25, 0.3) is 0 Å². The summed E-state index contributed by atoms with van der Waals surface area (Å²) in [6, 6.07) is 0.307. The highest BCUT2D eigenvalue weighted by molar-refractivity contribution is 4.81. The second-order valence-electron chi connectivity index (χ2n) is 7.27. The molecule has 2 heteroatoms. The van der Waals surface area contributed by atoms with E-state index in [1.54, 1.807) is 0 Å². The minimum absolute atomic E-state index is 0.307. The van der Waals surface area contributed by atoms with E-state index in [0.717, 1.165) is 13.0 Å². The van der Waals surface area contributed by atoms with Crippen LogP contribution >= 0.6 is 0 Å². The maximum Gasteiger partial charge on any atom is 0.0960 e. The third-order valence-corrected chi connectivity index (χ3v) is 4.98. The van der Waals surface area contributed by atoms with Gasteiger partial charge in [-0.05, 0) is 6.42 Å². The maximum absolute atomic E-state index is 6.01. The maximum atomic E-state index is 6.01. The first-order valence-electron chi connectivity index (χ1n) is 10.2. The number of rotatable bonds is 17. The molecule has 0 aromatic heterocycles. The predicted octanol–water partition coefficient (Wildman–Crippen LogP) is 5.97.